The number of rotatable bonds is 8. The van der Waals surface area contributed by atoms with Gasteiger partial charge in [-0.2, -0.15) is 0 Å². The zero-order valence-corrected chi connectivity index (χ0v) is 17.6. The number of furan rings is 1. The first kappa shape index (κ1) is 21.2. The van der Waals surface area contributed by atoms with Crippen molar-refractivity contribution >= 4 is 11.9 Å². The molecule has 0 spiro atoms. The van der Waals surface area contributed by atoms with Crippen molar-refractivity contribution in [3.05, 3.63) is 77.0 Å². The van der Waals surface area contributed by atoms with E-state index in [-0.39, 0.29) is 12.5 Å². The molecule has 2 aromatic heterocycles. The molecule has 3 aromatic rings. The Kier molecular flexibility index (Phi) is 6.61. The summed E-state index contributed by atoms with van der Waals surface area (Å²) in [6.45, 7) is 6.11. The number of para-hydroxylation sites is 1. The maximum atomic E-state index is 12.7. The molecule has 0 aliphatic carbocycles. The number of hydrogen-bond acceptors (Lipinski definition) is 5. The Bertz CT molecular complexity index is 1020. The van der Waals surface area contributed by atoms with E-state index in [4.69, 9.17) is 13.9 Å². The summed E-state index contributed by atoms with van der Waals surface area (Å²) in [5.41, 5.74) is 2.94. The van der Waals surface area contributed by atoms with Crippen LogP contribution in [0, 0.1) is 13.8 Å². The molecule has 1 atom stereocenters. The number of methoxy groups -OCH3 is 1. The van der Waals surface area contributed by atoms with Crippen LogP contribution in [0.1, 0.15) is 40.0 Å². The first-order valence-corrected chi connectivity index (χ1v) is 9.70. The number of aromatic nitrogens is 1. The van der Waals surface area contributed by atoms with Crippen molar-refractivity contribution in [1.29, 1.82) is 0 Å². The highest BCUT2D eigenvalue weighted by atomic mass is 16.5. The quantitative estimate of drug-likeness (QED) is 0.574. The molecular weight excluding hydrogens is 384 g/mol. The first-order valence-electron chi connectivity index (χ1n) is 9.70. The summed E-state index contributed by atoms with van der Waals surface area (Å²) >= 11 is 0. The van der Waals surface area contributed by atoms with Gasteiger partial charge in [0.05, 0.1) is 25.5 Å². The minimum Gasteiger partial charge on any atom is -0.496 e. The highest BCUT2D eigenvalue weighted by Gasteiger charge is 2.23. The normalized spacial score (nSPS) is 11.7. The minimum absolute atomic E-state index is 0.280. The van der Waals surface area contributed by atoms with Crippen molar-refractivity contribution in [3.63, 3.8) is 0 Å². The smallest absolute Gasteiger partial charge is 0.340 e. The molecule has 7 heteroatoms. The number of carbonyl (C=O) groups excluding carboxylic acids is 2. The lowest BCUT2D eigenvalue weighted by Gasteiger charge is -2.15. The van der Waals surface area contributed by atoms with Gasteiger partial charge in [-0.15, -0.1) is 0 Å². The zero-order valence-electron chi connectivity index (χ0n) is 17.6. The van der Waals surface area contributed by atoms with E-state index in [1.807, 2.05) is 54.8 Å². The Hall–Kier alpha value is -3.48. The predicted octanol–water partition coefficient (Wildman–Crippen LogP) is 3.62. The Morgan fingerprint density at radius 1 is 1.17 bits per heavy atom. The van der Waals surface area contributed by atoms with E-state index in [0.29, 0.717) is 17.9 Å². The second-order valence-electron chi connectivity index (χ2n) is 7.03. The van der Waals surface area contributed by atoms with Crippen molar-refractivity contribution in [2.45, 2.75) is 40.0 Å². The SMILES string of the molecule is COc1ccccc1CNC(=O)[C@@H](C)OC(=O)c1cc(C)n(Cc2ccco2)c1C. The van der Waals surface area contributed by atoms with Crippen molar-refractivity contribution < 1.29 is 23.5 Å². The molecule has 0 saturated carbocycles. The third-order valence-electron chi connectivity index (χ3n) is 4.99. The van der Waals surface area contributed by atoms with Crippen LogP contribution in [0.3, 0.4) is 0 Å². The lowest BCUT2D eigenvalue weighted by atomic mass is 10.2. The van der Waals surface area contributed by atoms with E-state index in [0.717, 1.165) is 22.7 Å². The van der Waals surface area contributed by atoms with E-state index in [1.54, 1.807) is 26.4 Å². The molecule has 0 aliphatic heterocycles. The van der Waals surface area contributed by atoms with Gasteiger partial charge < -0.3 is 23.8 Å². The first-order chi connectivity index (χ1) is 14.4. The number of ether oxygens (including phenoxy) is 2. The second kappa shape index (κ2) is 9.35. The monoisotopic (exact) mass is 410 g/mol. The number of carbonyl (C=O) groups is 2. The third-order valence-corrected chi connectivity index (χ3v) is 4.99. The van der Waals surface area contributed by atoms with Gasteiger partial charge in [-0.05, 0) is 45.0 Å². The van der Waals surface area contributed by atoms with Crippen LogP contribution in [-0.2, 0) is 22.6 Å². The molecule has 158 valence electrons. The summed E-state index contributed by atoms with van der Waals surface area (Å²) in [7, 11) is 1.58. The maximum absolute atomic E-state index is 12.7. The fourth-order valence-electron chi connectivity index (χ4n) is 3.26. The van der Waals surface area contributed by atoms with Crippen LogP contribution in [0.2, 0.25) is 0 Å². The van der Waals surface area contributed by atoms with Gasteiger partial charge in [0.2, 0.25) is 0 Å². The fourth-order valence-corrected chi connectivity index (χ4v) is 3.26. The van der Waals surface area contributed by atoms with Crippen LogP contribution < -0.4 is 10.1 Å². The predicted molar refractivity (Wildman–Crippen MR) is 111 cm³/mol. The summed E-state index contributed by atoms with van der Waals surface area (Å²) in [5, 5.41) is 2.78. The number of benzene rings is 1. The summed E-state index contributed by atoms with van der Waals surface area (Å²) in [6.07, 6.45) is 0.685. The minimum atomic E-state index is -0.930. The number of hydrogen-bond donors (Lipinski definition) is 1. The van der Waals surface area contributed by atoms with Crippen LogP contribution in [0.25, 0.3) is 0 Å². The van der Waals surface area contributed by atoms with Crippen molar-refractivity contribution in [2.75, 3.05) is 7.11 Å². The fraction of sp³-hybridized carbons (Fsp3) is 0.304. The molecule has 1 amide bonds. The third kappa shape index (κ3) is 4.74. The van der Waals surface area contributed by atoms with E-state index in [1.165, 1.54) is 0 Å². The standard InChI is InChI=1S/C23H26N2O5/c1-15-12-20(16(2)25(15)14-19-9-7-11-29-19)23(27)30-17(3)22(26)24-13-18-8-5-6-10-21(18)28-4/h5-12,17H,13-14H2,1-4H3,(H,24,26)/t17-/m1/s1. The summed E-state index contributed by atoms with van der Waals surface area (Å²) in [6, 6.07) is 12.9. The molecule has 30 heavy (non-hydrogen) atoms. The molecule has 0 unspecified atom stereocenters. The average Bonchev–Trinajstić information content (AvgIpc) is 3.35. The van der Waals surface area contributed by atoms with E-state index in [9.17, 15) is 9.59 Å². The maximum Gasteiger partial charge on any atom is 0.340 e. The molecule has 7 nitrogen and oxygen atoms in total. The number of esters is 1. The second-order valence-corrected chi connectivity index (χ2v) is 7.03. The van der Waals surface area contributed by atoms with Gasteiger partial charge in [0.25, 0.3) is 5.91 Å². The molecule has 1 aromatic carbocycles. The topological polar surface area (TPSA) is 82.7 Å². The average molecular weight is 410 g/mol. The van der Waals surface area contributed by atoms with Gasteiger partial charge in [-0.25, -0.2) is 4.79 Å². The summed E-state index contributed by atoms with van der Waals surface area (Å²) in [5.74, 6) is 0.569. The molecule has 0 fully saturated rings. The van der Waals surface area contributed by atoms with Gasteiger partial charge >= 0.3 is 5.97 Å². The van der Waals surface area contributed by atoms with Crippen molar-refractivity contribution in [3.8, 4) is 5.75 Å². The van der Waals surface area contributed by atoms with E-state index < -0.39 is 12.1 Å². The largest absolute Gasteiger partial charge is 0.496 e. The number of nitrogens with zero attached hydrogens (tertiary/aromatic N) is 1. The highest BCUT2D eigenvalue weighted by molar-refractivity contribution is 5.93. The van der Waals surface area contributed by atoms with Crippen LogP contribution in [0.15, 0.2) is 53.1 Å². The molecular formula is C23H26N2O5. The van der Waals surface area contributed by atoms with Crippen LogP contribution in [-0.4, -0.2) is 29.7 Å². The molecule has 0 aliphatic rings. The Balaban J connectivity index is 1.61. The number of nitrogens with one attached hydrogen (secondary N) is 1. The Morgan fingerprint density at radius 3 is 2.63 bits per heavy atom. The van der Waals surface area contributed by atoms with Crippen molar-refractivity contribution in [1.82, 2.24) is 9.88 Å². The molecule has 1 N–H and O–H groups in total. The molecule has 0 saturated heterocycles. The Labute approximate surface area is 175 Å². The number of aryl methyl sites for hydroxylation is 1. The van der Waals surface area contributed by atoms with Gasteiger partial charge in [-0.3, -0.25) is 4.79 Å². The molecule has 2 heterocycles. The van der Waals surface area contributed by atoms with Gasteiger partial charge in [0.15, 0.2) is 6.10 Å². The van der Waals surface area contributed by atoms with Crippen molar-refractivity contribution in [2.24, 2.45) is 0 Å². The van der Waals surface area contributed by atoms with Crippen LogP contribution in [0.5, 0.6) is 5.75 Å². The summed E-state index contributed by atoms with van der Waals surface area (Å²) in [4.78, 5) is 25.1. The number of amides is 1. The van der Waals surface area contributed by atoms with E-state index in [2.05, 4.69) is 5.32 Å². The summed E-state index contributed by atoms with van der Waals surface area (Å²) < 4.78 is 18.1. The van der Waals surface area contributed by atoms with Gasteiger partial charge in [-0.1, -0.05) is 18.2 Å². The Morgan fingerprint density at radius 2 is 1.93 bits per heavy atom. The van der Waals surface area contributed by atoms with Gasteiger partial charge in [0, 0.05) is 23.5 Å². The van der Waals surface area contributed by atoms with Crippen LogP contribution in [0.4, 0.5) is 0 Å². The van der Waals surface area contributed by atoms with Gasteiger partial charge in [0.1, 0.15) is 11.5 Å². The van der Waals surface area contributed by atoms with E-state index >= 15 is 0 Å². The lowest BCUT2D eigenvalue weighted by molar-refractivity contribution is -0.129. The molecule has 3 rings (SSSR count). The van der Waals surface area contributed by atoms with Crippen LogP contribution >= 0.6 is 0 Å². The lowest BCUT2D eigenvalue weighted by Crippen LogP contribution is -2.35. The molecule has 0 radical (unpaired) electrons. The zero-order chi connectivity index (χ0) is 21.7. The highest BCUT2D eigenvalue weighted by Crippen LogP contribution is 2.19. The molecule has 0 bridgehead atoms.